The quantitative estimate of drug-likeness (QED) is 0.214. The van der Waals surface area contributed by atoms with Crippen molar-refractivity contribution in [3.63, 3.8) is 0 Å². The fourth-order valence-corrected chi connectivity index (χ4v) is 5.08. The molecule has 1 atom stereocenters. The van der Waals surface area contributed by atoms with Crippen LogP contribution in [0.3, 0.4) is 0 Å². The molecule has 0 spiro atoms. The Bertz CT molecular complexity index is 785. The zero-order valence-electron chi connectivity index (χ0n) is 18.7. The minimum Gasteiger partial charge on any atom is -0.469 e. The SMILES string of the molecule is I.c1ccc(SCC2CCN(C(=NCCN3CCOCC3)NCCc3ccco3)C2)cc1. The molecule has 0 saturated carbocycles. The Morgan fingerprint density at radius 1 is 1.09 bits per heavy atom. The Balaban J connectivity index is 0.00000289. The minimum absolute atomic E-state index is 0. The van der Waals surface area contributed by atoms with E-state index in [1.165, 1.54) is 11.3 Å². The van der Waals surface area contributed by atoms with Crippen LogP contribution in [0, 0.1) is 5.92 Å². The van der Waals surface area contributed by atoms with Crippen LogP contribution in [0.15, 0.2) is 63.0 Å². The first-order chi connectivity index (χ1) is 15.4. The lowest BCUT2D eigenvalue weighted by molar-refractivity contribution is 0.0394. The summed E-state index contributed by atoms with van der Waals surface area (Å²) >= 11 is 1.97. The van der Waals surface area contributed by atoms with Crippen molar-refractivity contribution in [2.45, 2.75) is 17.7 Å². The summed E-state index contributed by atoms with van der Waals surface area (Å²) in [5.41, 5.74) is 0. The summed E-state index contributed by atoms with van der Waals surface area (Å²) in [6.45, 7) is 8.50. The lowest BCUT2D eigenvalue weighted by Crippen LogP contribution is -2.42. The van der Waals surface area contributed by atoms with Gasteiger partial charge in [0.15, 0.2) is 5.96 Å². The Kier molecular flexibility index (Phi) is 11.2. The third-order valence-electron chi connectivity index (χ3n) is 5.83. The third kappa shape index (κ3) is 8.28. The standard InChI is InChI=1S/C24H34N4O2S.HI/c1-2-6-23(7-3-1)31-20-21-9-12-28(19-21)24(25-10-8-22-5-4-16-30-22)26-11-13-27-14-17-29-18-15-27;/h1-7,16,21H,8-15,17-20H2,(H,25,26);1H. The van der Waals surface area contributed by atoms with E-state index >= 15 is 0 Å². The molecule has 1 aromatic carbocycles. The molecule has 2 aliphatic rings. The van der Waals surface area contributed by atoms with Gasteiger partial charge in [-0.3, -0.25) is 9.89 Å². The highest BCUT2D eigenvalue weighted by molar-refractivity contribution is 14.0. The van der Waals surface area contributed by atoms with Crippen molar-refractivity contribution in [3.05, 3.63) is 54.5 Å². The lowest BCUT2D eigenvalue weighted by atomic mass is 10.2. The number of furan rings is 1. The summed E-state index contributed by atoms with van der Waals surface area (Å²) in [6, 6.07) is 14.7. The highest BCUT2D eigenvalue weighted by atomic mass is 127. The first-order valence-electron chi connectivity index (χ1n) is 11.4. The Hall–Kier alpha value is -1.23. The van der Waals surface area contributed by atoms with Gasteiger partial charge in [0.25, 0.3) is 0 Å². The molecule has 4 rings (SSSR count). The van der Waals surface area contributed by atoms with Gasteiger partial charge in [-0.15, -0.1) is 35.7 Å². The highest BCUT2D eigenvalue weighted by Gasteiger charge is 2.25. The maximum atomic E-state index is 5.48. The van der Waals surface area contributed by atoms with E-state index in [2.05, 4.69) is 45.4 Å². The molecule has 2 aromatic rings. The molecule has 2 fully saturated rings. The van der Waals surface area contributed by atoms with Crippen molar-refractivity contribution in [3.8, 4) is 0 Å². The number of hydrogen-bond acceptors (Lipinski definition) is 5. The second-order valence-electron chi connectivity index (χ2n) is 8.14. The summed E-state index contributed by atoms with van der Waals surface area (Å²) in [5.74, 6) is 3.92. The van der Waals surface area contributed by atoms with Gasteiger partial charge in [-0.1, -0.05) is 18.2 Å². The second-order valence-corrected chi connectivity index (χ2v) is 9.23. The van der Waals surface area contributed by atoms with Gasteiger partial charge in [0.1, 0.15) is 5.76 Å². The van der Waals surface area contributed by atoms with Crippen molar-refractivity contribution in [2.24, 2.45) is 10.9 Å². The van der Waals surface area contributed by atoms with Gasteiger partial charge in [-0.05, 0) is 36.6 Å². The fraction of sp³-hybridized carbons (Fsp3) is 0.542. The van der Waals surface area contributed by atoms with Crippen LogP contribution >= 0.6 is 35.7 Å². The van der Waals surface area contributed by atoms with Crippen molar-refractivity contribution in [2.75, 3.05) is 64.8 Å². The maximum absolute atomic E-state index is 5.48. The van der Waals surface area contributed by atoms with Crippen molar-refractivity contribution in [1.82, 2.24) is 15.1 Å². The van der Waals surface area contributed by atoms with Crippen LogP contribution in [0.25, 0.3) is 0 Å². The molecule has 32 heavy (non-hydrogen) atoms. The molecule has 8 heteroatoms. The molecule has 176 valence electrons. The van der Waals surface area contributed by atoms with Gasteiger partial charge in [-0.25, -0.2) is 0 Å². The monoisotopic (exact) mass is 570 g/mol. The second kappa shape index (κ2) is 14.1. The molecule has 0 radical (unpaired) electrons. The number of likely N-dealkylation sites (tertiary alicyclic amines) is 1. The number of aliphatic imine (C=N–C) groups is 1. The van der Waals surface area contributed by atoms with Crippen LogP contribution < -0.4 is 5.32 Å². The zero-order valence-corrected chi connectivity index (χ0v) is 21.8. The number of guanidine groups is 1. The molecule has 2 saturated heterocycles. The number of nitrogens with one attached hydrogen (secondary N) is 1. The largest absolute Gasteiger partial charge is 0.469 e. The van der Waals surface area contributed by atoms with E-state index < -0.39 is 0 Å². The predicted octanol–water partition coefficient (Wildman–Crippen LogP) is 3.83. The molecular weight excluding hydrogens is 535 g/mol. The van der Waals surface area contributed by atoms with Crippen LogP contribution in [-0.4, -0.2) is 80.5 Å². The molecule has 3 heterocycles. The van der Waals surface area contributed by atoms with E-state index in [1.807, 2.05) is 23.9 Å². The lowest BCUT2D eigenvalue weighted by Gasteiger charge is -2.26. The highest BCUT2D eigenvalue weighted by Crippen LogP contribution is 2.25. The first-order valence-corrected chi connectivity index (χ1v) is 12.4. The zero-order chi connectivity index (χ0) is 21.1. The Morgan fingerprint density at radius 3 is 2.72 bits per heavy atom. The van der Waals surface area contributed by atoms with E-state index in [1.54, 1.807) is 6.26 Å². The maximum Gasteiger partial charge on any atom is 0.193 e. The van der Waals surface area contributed by atoms with Crippen LogP contribution in [0.5, 0.6) is 0 Å². The van der Waals surface area contributed by atoms with Gasteiger partial charge in [0.2, 0.25) is 0 Å². The van der Waals surface area contributed by atoms with Crippen LogP contribution in [0.1, 0.15) is 12.2 Å². The molecule has 2 aliphatic heterocycles. The summed E-state index contributed by atoms with van der Waals surface area (Å²) < 4.78 is 10.9. The van der Waals surface area contributed by atoms with E-state index in [0.717, 1.165) is 82.9 Å². The van der Waals surface area contributed by atoms with E-state index in [-0.39, 0.29) is 24.0 Å². The number of hydrogen-bond donors (Lipinski definition) is 1. The van der Waals surface area contributed by atoms with E-state index in [0.29, 0.717) is 5.92 Å². The van der Waals surface area contributed by atoms with E-state index in [9.17, 15) is 0 Å². The number of rotatable bonds is 9. The summed E-state index contributed by atoms with van der Waals surface area (Å²) in [4.78, 5) is 11.2. The van der Waals surface area contributed by atoms with Crippen molar-refractivity contribution in [1.29, 1.82) is 0 Å². The Labute approximate surface area is 213 Å². The average molecular weight is 571 g/mol. The van der Waals surface area contributed by atoms with Crippen LogP contribution in [0.2, 0.25) is 0 Å². The average Bonchev–Trinajstić information content (AvgIpc) is 3.50. The van der Waals surface area contributed by atoms with Crippen molar-refractivity contribution < 1.29 is 9.15 Å². The number of thioether (sulfide) groups is 1. The number of halogens is 1. The molecule has 0 amide bonds. The molecule has 1 N–H and O–H groups in total. The fourth-order valence-electron chi connectivity index (χ4n) is 4.03. The van der Waals surface area contributed by atoms with Gasteiger partial charge >= 0.3 is 0 Å². The van der Waals surface area contributed by atoms with Crippen LogP contribution in [-0.2, 0) is 11.2 Å². The predicted molar refractivity (Wildman–Crippen MR) is 142 cm³/mol. The molecule has 0 bridgehead atoms. The molecule has 0 aliphatic carbocycles. The summed E-state index contributed by atoms with van der Waals surface area (Å²) in [5, 5.41) is 3.60. The number of ether oxygens (including phenoxy) is 1. The smallest absolute Gasteiger partial charge is 0.193 e. The molecule has 1 unspecified atom stereocenters. The third-order valence-corrected chi connectivity index (χ3v) is 7.07. The summed E-state index contributed by atoms with van der Waals surface area (Å²) in [6.07, 6.45) is 3.83. The minimum atomic E-state index is 0. The number of morpholine rings is 1. The molecule has 6 nitrogen and oxygen atoms in total. The van der Waals surface area contributed by atoms with Gasteiger partial charge in [-0.2, -0.15) is 0 Å². The molecular formula is C24H35IN4O2S. The topological polar surface area (TPSA) is 53.2 Å². The summed E-state index contributed by atoms with van der Waals surface area (Å²) in [7, 11) is 0. The Morgan fingerprint density at radius 2 is 1.94 bits per heavy atom. The van der Waals surface area contributed by atoms with E-state index in [4.69, 9.17) is 14.1 Å². The van der Waals surface area contributed by atoms with Crippen LogP contribution in [0.4, 0.5) is 0 Å². The number of nitrogens with zero attached hydrogens (tertiary/aromatic N) is 3. The first kappa shape index (κ1) is 25.4. The van der Waals surface area contributed by atoms with Gasteiger partial charge in [0, 0.05) is 56.3 Å². The van der Waals surface area contributed by atoms with Gasteiger partial charge in [0.05, 0.1) is 26.0 Å². The van der Waals surface area contributed by atoms with Crippen molar-refractivity contribution >= 4 is 41.7 Å². The number of benzene rings is 1. The normalized spacial score (nSPS) is 19.7. The van der Waals surface area contributed by atoms with Gasteiger partial charge < -0.3 is 19.4 Å². The molecule has 1 aromatic heterocycles.